The van der Waals surface area contributed by atoms with Crippen LogP contribution in [0.1, 0.15) is 44.9 Å². The number of hydrogen-bond acceptors (Lipinski definition) is 5. The van der Waals surface area contributed by atoms with Crippen LogP contribution in [0.2, 0.25) is 0 Å². The summed E-state index contributed by atoms with van der Waals surface area (Å²) in [7, 11) is 0. The summed E-state index contributed by atoms with van der Waals surface area (Å²) in [6, 6.07) is 0. The van der Waals surface area contributed by atoms with Gasteiger partial charge in [0, 0.05) is 12.0 Å². The molecule has 0 spiro atoms. The van der Waals surface area contributed by atoms with Gasteiger partial charge in [-0.3, -0.25) is 0 Å². The van der Waals surface area contributed by atoms with Crippen LogP contribution in [-0.4, -0.2) is 36.9 Å². The van der Waals surface area contributed by atoms with E-state index in [2.05, 4.69) is 31.1 Å². The van der Waals surface area contributed by atoms with Crippen LogP contribution in [0.5, 0.6) is 0 Å². The summed E-state index contributed by atoms with van der Waals surface area (Å²) in [5.41, 5.74) is 0.162. The fraction of sp³-hybridized carbons (Fsp3) is 0.786. The molecule has 5 heteroatoms. The number of hydrogen-bond donors (Lipinski definition) is 1. The van der Waals surface area contributed by atoms with Crippen molar-refractivity contribution in [2.45, 2.75) is 45.3 Å². The lowest BCUT2D eigenvalue weighted by Crippen LogP contribution is -2.36. The van der Waals surface area contributed by atoms with E-state index in [-0.39, 0.29) is 11.6 Å². The Labute approximate surface area is 114 Å². The molecule has 5 nitrogen and oxygen atoms in total. The van der Waals surface area contributed by atoms with Gasteiger partial charge in [-0.1, -0.05) is 0 Å². The molecule has 1 saturated heterocycles. The number of aryl methyl sites for hydroxylation is 1. The first-order valence-corrected chi connectivity index (χ1v) is 6.93. The standard InChI is InChI=1S/C14H24N2O3/c1-14(2,3)16-6-4-5-13-15-9-11(19-13)12-10-17-7-8-18-12/h9,12,16H,4-8,10H2,1-3H3. The first-order chi connectivity index (χ1) is 9.04. The summed E-state index contributed by atoms with van der Waals surface area (Å²) in [5, 5.41) is 3.45. The molecule has 1 unspecified atom stereocenters. The van der Waals surface area contributed by atoms with E-state index in [0.717, 1.165) is 31.0 Å². The number of nitrogens with zero attached hydrogens (tertiary/aromatic N) is 1. The maximum atomic E-state index is 5.71. The third-order valence-corrected chi connectivity index (χ3v) is 2.93. The minimum atomic E-state index is -0.0947. The molecule has 1 aromatic rings. The van der Waals surface area contributed by atoms with E-state index in [1.165, 1.54) is 0 Å². The molecule has 0 radical (unpaired) electrons. The quantitative estimate of drug-likeness (QED) is 0.829. The average Bonchev–Trinajstić information content (AvgIpc) is 2.83. The minimum Gasteiger partial charge on any atom is -0.443 e. The molecule has 0 saturated carbocycles. The van der Waals surface area contributed by atoms with Crippen LogP contribution < -0.4 is 5.32 Å². The maximum Gasteiger partial charge on any atom is 0.194 e. The summed E-state index contributed by atoms with van der Waals surface area (Å²) in [5.74, 6) is 1.55. The zero-order valence-corrected chi connectivity index (χ0v) is 12.1. The highest BCUT2D eigenvalue weighted by molar-refractivity contribution is 4.99. The predicted molar refractivity (Wildman–Crippen MR) is 72.1 cm³/mol. The molecule has 0 aromatic carbocycles. The summed E-state index contributed by atoms with van der Waals surface area (Å²) >= 11 is 0. The molecule has 1 N–H and O–H groups in total. The zero-order valence-electron chi connectivity index (χ0n) is 12.1. The van der Waals surface area contributed by atoms with Crippen LogP contribution in [0, 0.1) is 0 Å². The first kappa shape index (κ1) is 14.5. The highest BCUT2D eigenvalue weighted by Gasteiger charge is 2.20. The van der Waals surface area contributed by atoms with E-state index in [1.807, 2.05) is 0 Å². The van der Waals surface area contributed by atoms with Gasteiger partial charge >= 0.3 is 0 Å². The Hall–Kier alpha value is -0.910. The molecule has 1 atom stereocenters. The monoisotopic (exact) mass is 268 g/mol. The predicted octanol–water partition coefficient (Wildman–Crippen LogP) is 2.08. The molecule has 1 aliphatic heterocycles. The number of ether oxygens (including phenoxy) is 2. The number of nitrogens with one attached hydrogen (secondary N) is 1. The van der Waals surface area contributed by atoms with Gasteiger partial charge in [-0.25, -0.2) is 4.98 Å². The lowest BCUT2D eigenvalue weighted by Gasteiger charge is -2.20. The molecule has 19 heavy (non-hydrogen) atoms. The van der Waals surface area contributed by atoms with Crippen LogP contribution in [0.25, 0.3) is 0 Å². The van der Waals surface area contributed by atoms with E-state index in [4.69, 9.17) is 13.9 Å². The van der Waals surface area contributed by atoms with Crippen molar-refractivity contribution in [3.05, 3.63) is 17.8 Å². The molecule has 108 valence electrons. The fourth-order valence-corrected chi connectivity index (χ4v) is 1.94. The van der Waals surface area contributed by atoms with Crippen molar-refractivity contribution in [3.63, 3.8) is 0 Å². The van der Waals surface area contributed by atoms with E-state index < -0.39 is 0 Å². The van der Waals surface area contributed by atoms with Gasteiger partial charge in [0.2, 0.25) is 0 Å². The molecule has 1 aromatic heterocycles. The summed E-state index contributed by atoms with van der Waals surface area (Å²) in [6.07, 6.45) is 3.52. The molecule has 2 heterocycles. The van der Waals surface area contributed by atoms with E-state index in [9.17, 15) is 0 Å². The Balaban J connectivity index is 1.74. The number of rotatable bonds is 5. The van der Waals surface area contributed by atoms with Crippen molar-refractivity contribution in [1.29, 1.82) is 0 Å². The molecule has 0 bridgehead atoms. The number of aromatic nitrogens is 1. The Bertz CT molecular complexity index is 378. The number of oxazole rings is 1. The molecule has 0 amide bonds. The third-order valence-electron chi connectivity index (χ3n) is 2.93. The molecule has 1 fully saturated rings. The van der Waals surface area contributed by atoms with Gasteiger partial charge in [0.15, 0.2) is 11.7 Å². The van der Waals surface area contributed by atoms with E-state index >= 15 is 0 Å². The smallest absolute Gasteiger partial charge is 0.194 e. The minimum absolute atomic E-state index is 0.0947. The van der Waals surface area contributed by atoms with Crippen LogP contribution in [-0.2, 0) is 15.9 Å². The molecular formula is C14H24N2O3. The second-order valence-corrected chi connectivity index (χ2v) is 5.87. The van der Waals surface area contributed by atoms with Crippen LogP contribution in [0.3, 0.4) is 0 Å². The van der Waals surface area contributed by atoms with Gasteiger partial charge in [-0.2, -0.15) is 0 Å². The zero-order chi connectivity index (χ0) is 13.7. The second-order valence-electron chi connectivity index (χ2n) is 5.87. The van der Waals surface area contributed by atoms with Gasteiger partial charge < -0.3 is 19.2 Å². The largest absolute Gasteiger partial charge is 0.443 e. The van der Waals surface area contributed by atoms with Crippen molar-refractivity contribution in [1.82, 2.24) is 10.3 Å². The highest BCUT2D eigenvalue weighted by atomic mass is 16.6. The van der Waals surface area contributed by atoms with Crippen LogP contribution in [0.15, 0.2) is 10.6 Å². The van der Waals surface area contributed by atoms with Crippen molar-refractivity contribution in [3.8, 4) is 0 Å². The van der Waals surface area contributed by atoms with Crippen molar-refractivity contribution < 1.29 is 13.9 Å². The topological polar surface area (TPSA) is 56.5 Å². The average molecular weight is 268 g/mol. The van der Waals surface area contributed by atoms with Crippen molar-refractivity contribution in [2.75, 3.05) is 26.4 Å². The van der Waals surface area contributed by atoms with Gasteiger partial charge in [-0.15, -0.1) is 0 Å². The van der Waals surface area contributed by atoms with E-state index in [1.54, 1.807) is 6.20 Å². The molecule has 2 rings (SSSR count). The van der Waals surface area contributed by atoms with E-state index in [0.29, 0.717) is 19.8 Å². The maximum absolute atomic E-state index is 5.71. The summed E-state index contributed by atoms with van der Waals surface area (Å²) in [4.78, 5) is 4.30. The lowest BCUT2D eigenvalue weighted by molar-refractivity contribution is -0.0978. The first-order valence-electron chi connectivity index (χ1n) is 6.93. The van der Waals surface area contributed by atoms with Gasteiger partial charge in [0.25, 0.3) is 0 Å². The van der Waals surface area contributed by atoms with Crippen LogP contribution in [0.4, 0.5) is 0 Å². The van der Waals surface area contributed by atoms with Crippen molar-refractivity contribution in [2.24, 2.45) is 0 Å². The van der Waals surface area contributed by atoms with Gasteiger partial charge in [0.1, 0.15) is 6.10 Å². The molecular weight excluding hydrogens is 244 g/mol. The lowest BCUT2D eigenvalue weighted by atomic mass is 10.1. The van der Waals surface area contributed by atoms with Crippen LogP contribution >= 0.6 is 0 Å². The van der Waals surface area contributed by atoms with Crippen molar-refractivity contribution >= 4 is 0 Å². The third kappa shape index (κ3) is 4.93. The fourth-order valence-electron chi connectivity index (χ4n) is 1.94. The van der Waals surface area contributed by atoms with Gasteiger partial charge in [0.05, 0.1) is 26.0 Å². The Kier molecular flexibility index (Phi) is 4.96. The molecule has 1 aliphatic rings. The Morgan fingerprint density at radius 3 is 2.89 bits per heavy atom. The summed E-state index contributed by atoms with van der Waals surface area (Å²) < 4.78 is 16.6. The van der Waals surface area contributed by atoms with Gasteiger partial charge in [-0.05, 0) is 33.7 Å². The highest BCUT2D eigenvalue weighted by Crippen LogP contribution is 2.21. The summed E-state index contributed by atoms with van der Waals surface area (Å²) in [6.45, 7) is 9.29. The Morgan fingerprint density at radius 2 is 2.21 bits per heavy atom. The second kappa shape index (κ2) is 6.50. The SMILES string of the molecule is CC(C)(C)NCCCc1ncc(C2COCCO2)o1. The normalized spacial score (nSPS) is 20.7. The Morgan fingerprint density at radius 1 is 1.37 bits per heavy atom. The molecule has 0 aliphatic carbocycles.